The van der Waals surface area contributed by atoms with Crippen molar-refractivity contribution in [1.82, 2.24) is 9.03 Å². The zero-order chi connectivity index (χ0) is 15.3. The van der Waals surface area contributed by atoms with Crippen LogP contribution in [0.4, 0.5) is 13.2 Å². The number of hydrogen-bond donors (Lipinski definition) is 1. The minimum Gasteiger partial charge on any atom is -0.465 e. The summed E-state index contributed by atoms with van der Waals surface area (Å²) in [5, 5.41) is 0. The SMILES string of the molecule is CCOC(=O)CN(C(C)C)S(=O)(=O)NCC(F)(F)F. The van der Waals surface area contributed by atoms with Gasteiger partial charge in [-0.15, -0.1) is 0 Å². The van der Waals surface area contributed by atoms with E-state index in [1.165, 1.54) is 25.5 Å². The molecule has 0 aromatic heterocycles. The highest BCUT2D eigenvalue weighted by atomic mass is 32.2. The number of hydrogen-bond acceptors (Lipinski definition) is 4. The number of halogens is 3. The van der Waals surface area contributed by atoms with Crippen LogP contribution in [0.2, 0.25) is 0 Å². The summed E-state index contributed by atoms with van der Waals surface area (Å²) in [6.07, 6.45) is -4.67. The number of ether oxygens (including phenoxy) is 1. The predicted octanol–water partition coefficient (Wildman–Crippen LogP) is 0.657. The molecule has 0 aromatic carbocycles. The fraction of sp³-hybridized carbons (Fsp3) is 0.889. The molecule has 19 heavy (non-hydrogen) atoms. The molecule has 0 aliphatic heterocycles. The third-order valence-corrected chi connectivity index (χ3v) is 3.61. The van der Waals surface area contributed by atoms with Gasteiger partial charge in [-0.05, 0) is 20.8 Å². The monoisotopic (exact) mass is 306 g/mol. The molecule has 0 amide bonds. The molecular weight excluding hydrogens is 289 g/mol. The molecule has 0 bridgehead atoms. The Morgan fingerprint density at radius 2 is 1.89 bits per heavy atom. The van der Waals surface area contributed by atoms with Crippen LogP contribution in [0.5, 0.6) is 0 Å². The average molecular weight is 306 g/mol. The highest BCUT2D eigenvalue weighted by molar-refractivity contribution is 7.87. The van der Waals surface area contributed by atoms with Crippen LogP contribution in [0.1, 0.15) is 20.8 Å². The predicted molar refractivity (Wildman–Crippen MR) is 61.5 cm³/mol. The van der Waals surface area contributed by atoms with E-state index < -0.39 is 41.5 Å². The Hall–Kier alpha value is -0.870. The van der Waals surface area contributed by atoms with E-state index in [9.17, 15) is 26.4 Å². The average Bonchev–Trinajstić information content (AvgIpc) is 2.22. The molecule has 0 rings (SSSR count). The Morgan fingerprint density at radius 3 is 2.26 bits per heavy atom. The second kappa shape index (κ2) is 7.06. The van der Waals surface area contributed by atoms with Crippen molar-refractivity contribution < 1.29 is 31.1 Å². The Bertz CT molecular complexity index is 395. The van der Waals surface area contributed by atoms with Crippen LogP contribution >= 0.6 is 0 Å². The first kappa shape index (κ1) is 18.1. The van der Waals surface area contributed by atoms with Crippen molar-refractivity contribution in [3.63, 3.8) is 0 Å². The van der Waals surface area contributed by atoms with Crippen molar-refractivity contribution in [2.45, 2.75) is 33.0 Å². The summed E-state index contributed by atoms with van der Waals surface area (Å²) < 4.78 is 65.9. The van der Waals surface area contributed by atoms with E-state index in [1.807, 2.05) is 0 Å². The highest BCUT2D eigenvalue weighted by Crippen LogP contribution is 2.14. The van der Waals surface area contributed by atoms with Gasteiger partial charge in [0.25, 0.3) is 10.2 Å². The molecule has 114 valence electrons. The topological polar surface area (TPSA) is 75.7 Å². The second-order valence-corrected chi connectivity index (χ2v) is 5.59. The second-order valence-electron chi connectivity index (χ2n) is 3.89. The van der Waals surface area contributed by atoms with Crippen molar-refractivity contribution in [3.8, 4) is 0 Å². The molecule has 0 heterocycles. The third-order valence-electron chi connectivity index (χ3n) is 1.93. The molecule has 0 fully saturated rings. The lowest BCUT2D eigenvalue weighted by Gasteiger charge is -2.25. The molecule has 0 unspecified atom stereocenters. The standard InChI is InChI=1S/C9H17F3N2O4S/c1-4-18-8(15)5-14(7(2)3)19(16,17)13-6-9(10,11)12/h7,13H,4-6H2,1-3H3. The van der Waals surface area contributed by atoms with Crippen LogP contribution in [-0.4, -0.2) is 50.6 Å². The maximum atomic E-state index is 12.0. The molecule has 0 saturated carbocycles. The van der Waals surface area contributed by atoms with Crippen molar-refractivity contribution >= 4 is 16.2 Å². The maximum Gasteiger partial charge on any atom is 0.402 e. The number of nitrogens with one attached hydrogen (secondary N) is 1. The molecule has 0 radical (unpaired) electrons. The van der Waals surface area contributed by atoms with Crippen molar-refractivity contribution in [1.29, 1.82) is 0 Å². The van der Waals surface area contributed by atoms with Gasteiger partial charge >= 0.3 is 12.1 Å². The number of carbonyl (C=O) groups is 1. The first-order valence-corrected chi connectivity index (χ1v) is 6.92. The van der Waals surface area contributed by atoms with E-state index in [2.05, 4.69) is 4.74 Å². The Morgan fingerprint density at radius 1 is 1.37 bits per heavy atom. The van der Waals surface area contributed by atoms with Crippen molar-refractivity contribution in [2.24, 2.45) is 0 Å². The minimum absolute atomic E-state index is 0.0563. The molecule has 0 atom stereocenters. The third kappa shape index (κ3) is 7.33. The van der Waals surface area contributed by atoms with Gasteiger partial charge in [0.2, 0.25) is 0 Å². The molecule has 0 aliphatic rings. The van der Waals surface area contributed by atoms with Gasteiger partial charge in [0.1, 0.15) is 13.1 Å². The van der Waals surface area contributed by atoms with E-state index in [1.54, 1.807) is 0 Å². The van der Waals surface area contributed by atoms with Crippen LogP contribution < -0.4 is 4.72 Å². The zero-order valence-electron chi connectivity index (χ0n) is 10.8. The summed E-state index contributed by atoms with van der Waals surface area (Å²) in [4.78, 5) is 11.2. The number of carbonyl (C=O) groups excluding carboxylic acids is 1. The molecule has 0 aliphatic carbocycles. The van der Waals surface area contributed by atoms with Gasteiger partial charge in [0.05, 0.1) is 6.61 Å². The van der Waals surface area contributed by atoms with Gasteiger partial charge in [-0.25, -0.2) is 0 Å². The summed E-state index contributed by atoms with van der Waals surface area (Å²) in [7, 11) is -4.41. The van der Waals surface area contributed by atoms with E-state index in [0.717, 1.165) is 0 Å². The van der Waals surface area contributed by atoms with Gasteiger partial charge in [0, 0.05) is 6.04 Å². The van der Waals surface area contributed by atoms with Gasteiger partial charge in [0.15, 0.2) is 0 Å². The largest absolute Gasteiger partial charge is 0.465 e. The van der Waals surface area contributed by atoms with Crippen LogP contribution in [0.3, 0.4) is 0 Å². The molecule has 1 N–H and O–H groups in total. The fourth-order valence-corrected chi connectivity index (χ4v) is 2.48. The van der Waals surface area contributed by atoms with Gasteiger partial charge in [-0.1, -0.05) is 0 Å². The molecular formula is C9H17F3N2O4S. The first-order valence-electron chi connectivity index (χ1n) is 5.48. The van der Waals surface area contributed by atoms with Crippen molar-refractivity contribution in [2.75, 3.05) is 19.7 Å². The number of alkyl halides is 3. The van der Waals surface area contributed by atoms with Crippen LogP contribution in [-0.2, 0) is 19.7 Å². The molecule has 0 saturated heterocycles. The van der Waals surface area contributed by atoms with Crippen molar-refractivity contribution in [3.05, 3.63) is 0 Å². The normalized spacial score (nSPS) is 13.1. The summed E-state index contributed by atoms with van der Waals surface area (Å²) in [5.74, 6) is -0.825. The Balaban J connectivity index is 4.82. The molecule has 10 heteroatoms. The quantitative estimate of drug-likeness (QED) is 0.701. The van der Waals surface area contributed by atoms with Gasteiger partial charge in [-0.2, -0.15) is 30.6 Å². The highest BCUT2D eigenvalue weighted by Gasteiger charge is 2.33. The molecule has 6 nitrogen and oxygen atoms in total. The van der Waals surface area contributed by atoms with E-state index in [0.29, 0.717) is 4.31 Å². The molecule has 0 spiro atoms. The number of esters is 1. The summed E-state index contributed by atoms with van der Waals surface area (Å²) in [6, 6.07) is -0.685. The van der Waals surface area contributed by atoms with Gasteiger partial charge in [-0.3, -0.25) is 4.79 Å². The van der Waals surface area contributed by atoms with Crippen LogP contribution in [0, 0.1) is 0 Å². The zero-order valence-corrected chi connectivity index (χ0v) is 11.6. The first-order chi connectivity index (χ1) is 8.49. The van der Waals surface area contributed by atoms with E-state index in [4.69, 9.17) is 0 Å². The lowest BCUT2D eigenvalue weighted by atomic mass is 10.4. The number of nitrogens with zero attached hydrogens (tertiary/aromatic N) is 1. The lowest BCUT2D eigenvalue weighted by Crippen LogP contribution is -2.49. The van der Waals surface area contributed by atoms with E-state index in [-0.39, 0.29) is 6.61 Å². The maximum absolute atomic E-state index is 12.0. The summed E-state index contributed by atoms with van der Waals surface area (Å²) >= 11 is 0. The van der Waals surface area contributed by atoms with Crippen LogP contribution in [0.15, 0.2) is 0 Å². The fourth-order valence-electron chi connectivity index (χ4n) is 1.13. The van der Waals surface area contributed by atoms with Crippen LogP contribution in [0.25, 0.3) is 0 Å². The molecule has 0 aromatic rings. The Labute approximate surface area is 110 Å². The lowest BCUT2D eigenvalue weighted by molar-refractivity contribution is -0.143. The minimum atomic E-state index is -4.67. The number of rotatable bonds is 7. The van der Waals surface area contributed by atoms with E-state index >= 15 is 0 Å². The summed E-state index contributed by atoms with van der Waals surface area (Å²) in [6.45, 7) is 2.13. The van der Waals surface area contributed by atoms with Gasteiger partial charge < -0.3 is 4.74 Å². The smallest absolute Gasteiger partial charge is 0.402 e. The Kier molecular flexibility index (Phi) is 6.73. The summed E-state index contributed by atoms with van der Waals surface area (Å²) in [5.41, 5.74) is 0.